The molecule has 2 aliphatic rings. The van der Waals surface area contributed by atoms with Crippen molar-refractivity contribution in [3.8, 4) is 0 Å². The first-order valence-electron chi connectivity index (χ1n) is 13.0. The average molecular weight is 538 g/mol. The summed E-state index contributed by atoms with van der Waals surface area (Å²) in [6.07, 6.45) is -0.185. The van der Waals surface area contributed by atoms with Crippen molar-refractivity contribution in [2.75, 3.05) is 29.9 Å². The van der Waals surface area contributed by atoms with Crippen LogP contribution in [0.4, 0.5) is 34.0 Å². The highest BCUT2D eigenvalue weighted by Gasteiger charge is 2.34. The molecule has 1 saturated carbocycles. The molecule has 1 N–H and O–H groups in total. The van der Waals surface area contributed by atoms with E-state index in [4.69, 9.17) is 4.74 Å². The number of likely N-dealkylation sites (tertiary alicyclic amines) is 1. The summed E-state index contributed by atoms with van der Waals surface area (Å²) in [5.41, 5.74) is -0.0596. The van der Waals surface area contributed by atoms with Crippen molar-refractivity contribution in [2.24, 2.45) is 5.92 Å². The van der Waals surface area contributed by atoms with Crippen LogP contribution in [0.1, 0.15) is 63.1 Å². The number of benzene rings is 1. The van der Waals surface area contributed by atoms with Crippen LogP contribution in [-0.4, -0.2) is 52.2 Å². The number of aromatic nitrogens is 2. The van der Waals surface area contributed by atoms with Gasteiger partial charge in [0.15, 0.2) is 11.6 Å². The van der Waals surface area contributed by atoms with Gasteiger partial charge in [0.2, 0.25) is 5.82 Å². The number of carbonyl (C=O) groups is 1. The number of alkyl halides is 3. The smallest absolute Gasteiger partial charge is 0.416 e. The molecule has 2 heterocycles. The van der Waals surface area contributed by atoms with E-state index in [2.05, 4.69) is 15.3 Å². The van der Waals surface area contributed by atoms with Crippen molar-refractivity contribution in [1.29, 1.82) is 0 Å². The highest BCUT2D eigenvalue weighted by Crippen LogP contribution is 2.36. The van der Waals surface area contributed by atoms with Gasteiger partial charge in [-0.1, -0.05) is 6.07 Å². The Morgan fingerprint density at radius 1 is 1.13 bits per heavy atom. The Morgan fingerprint density at radius 3 is 2.39 bits per heavy atom. The molecule has 0 bridgehead atoms. The summed E-state index contributed by atoms with van der Waals surface area (Å²) >= 11 is 0. The molecule has 2 aromatic rings. The molecule has 0 atom stereocenters. The Kier molecular flexibility index (Phi) is 8.04. The predicted molar refractivity (Wildman–Crippen MR) is 136 cm³/mol. The monoisotopic (exact) mass is 537 g/mol. The molecule has 1 saturated heterocycles. The SMILES string of the molecule is Cc1cc(C(F)(F)F)ccc1CN(c1ncnc(NCC2CCN(C(=O)OC(C)(C)C)CC2)c1F)C1CC1. The number of ether oxygens (including phenoxy) is 1. The van der Waals surface area contributed by atoms with E-state index in [1.807, 2.05) is 25.7 Å². The quantitative estimate of drug-likeness (QED) is 0.426. The zero-order valence-electron chi connectivity index (χ0n) is 22.2. The van der Waals surface area contributed by atoms with E-state index in [0.717, 1.165) is 37.8 Å². The topological polar surface area (TPSA) is 70.6 Å². The number of hydrogen-bond acceptors (Lipinski definition) is 6. The van der Waals surface area contributed by atoms with Gasteiger partial charge in [-0.15, -0.1) is 0 Å². The Morgan fingerprint density at radius 2 is 1.82 bits per heavy atom. The van der Waals surface area contributed by atoms with Crippen molar-refractivity contribution in [3.63, 3.8) is 0 Å². The molecule has 1 amide bonds. The standard InChI is InChI=1S/C27H35F4N5O2/c1-17-13-20(27(29,30)31)6-5-19(17)15-36(21-7-8-21)24-22(28)23(33-16-34-24)32-14-18-9-11-35(12-10-18)25(37)38-26(2,3)4/h5-6,13,16,18,21H,7-12,14-15H2,1-4H3,(H,32,33,34). The highest BCUT2D eigenvalue weighted by molar-refractivity contribution is 5.68. The molecule has 1 aliphatic carbocycles. The first-order chi connectivity index (χ1) is 17.8. The maximum Gasteiger partial charge on any atom is 0.416 e. The molecule has 0 unspecified atom stereocenters. The van der Waals surface area contributed by atoms with E-state index in [1.54, 1.807) is 11.8 Å². The number of carbonyl (C=O) groups excluding carboxylic acids is 1. The lowest BCUT2D eigenvalue weighted by Gasteiger charge is -2.33. The van der Waals surface area contributed by atoms with Crippen LogP contribution in [-0.2, 0) is 17.5 Å². The first kappa shape index (κ1) is 27.9. The third kappa shape index (κ3) is 7.05. The van der Waals surface area contributed by atoms with E-state index < -0.39 is 23.2 Å². The second kappa shape index (κ2) is 10.9. The molecule has 208 valence electrons. The van der Waals surface area contributed by atoms with Gasteiger partial charge in [0.05, 0.1) is 5.56 Å². The van der Waals surface area contributed by atoms with E-state index >= 15 is 4.39 Å². The molecule has 0 spiro atoms. The number of halogens is 4. The van der Waals surface area contributed by atoms with E-state index in [9.17, 15) is 18.0 Å². The van der Waals surface area contributed by atoms with E-state index in [-0.39, 0.29) is 36.2 Å². The molecule has 0 radical (unpaired) electrons. The predicted octanol–water partition coefficient (Wildman–Crippen LogP) is 6.17. The van der Waals surface area contributed by atoms with Crippen LogP contribution in [0.5, 0.6) is 0 Å². The largest absolute Gasteiger partial charge is 0.444 e. The van der Waals surface area contributed by atoms with Gasteiger partial charge < -0.3 is 19.9 Å². The molecule has 38 heavy (non-hydrogen) atoms. The van der Waals surface area contributed by atoms with E-state index in [0.29, 0.717) is 30.8 Å². The second-order valence-electron chi connectivity index (χ2n) is 11.1. The van der Waals surface area contributed by atoms with Crippen LogP contribution in [0, 0.1) is 18.7 Å². The molecule has 1 aromatic heterocycles. The number of amides is 1. The number of hydrogen-bond donors (Lipinski definition) is 1. The van der Waals surface area contributed by atoms with Crippen LogP contribution in [0.25, 0.3) is 0 Å². The Hall–Kier alpha value is -3.11. The Bertz CT molecular complexity index is 1140. The zero-order valence-corrected chi connectivity index (χ0v) is 22.2. The number of anilines is 2. The highest BCUT2D eigenvalue weighted by atomic mass is 19.4. The number of aryl methyl sites for hydroxylation is 1. The fourth-order valence-corrected chi connectivity index (χ4v) is 4.57. The Labute approximate surface area is 220 Å². The molecule has 1 aliphatic heterocycles. The van der Waals surface area contributed by atoms with Crippen molar-refractivity contribution < 1.29 is 27.1 Å². The number of piperidine rings is 1. The van der Waals surface area contributed by atoms with Gasteiger partial charge in [0, 0.05) is 32.2 Å². The summed E-state index contributed by atoms with van der Waals surface area (Å²) in [6, 6.07) is 3.71. The van der Waals surface area contributed by atoms with Gasteiger partial charge >= 0.3 is 12.3 Å². The van der Waals surface area contributed by atoms with Crippen molar-refractivity contribution in [2.45, 2.75) is 77.7 Å². The lowest BCUT2D eigenvalue weighted by Crippen LogP contribution is -2.42. The average Bonchev–Trinajstić information content (AvgIpc) is 3.67. The lowest BCUT2D eigenvalue weighted by molar-refractivity contribution is -0.137. The van der Waals surface area contributed by atoms with Crippen LogP contribution in [0.2, 0.25) is 0 Å². The molecular weight excluding hydrogens is 502 g/mol. The summed E-state index contributed by atoms with van der Waals surface area (Å²) in [4.78, 5) is 24.1. The fraction of sp³-hybridized carbons (Fsp3) is 0.593. The van der Waals surface area contributed by atoms with Crippen molar-refractivity contribution in [3.05, 3.63) is 47.0 Å². The van der Waals surface area contributed by atoms with Crippen LogP contribution in [0.3, 0.4) is 0 Å². The van der Waals surface area contributed by atoms with Gasteiger partial charge in [-0.3, -0.25) is 0 Å². The maximum atomic E-state index is 15.6. The molecular formula is C27H35F4N5O2. The number of nitrogens with zero attached hydrogens (tertiary/aromatic N) is 4. The first-order valence-corrected chi connectivity index (χ1v) is 13.0. The Balaban J connectivity index is 1.39. The van der Waals surface area contributed by atoms with Gasteiger partial charge in [0.1, 0.15) is 11.9 Å². The maximum absolute atomic E-state index is 15.6. The summed E-state index contributed by atoms with van der Waals surface area (Å²) in [6.45, 7) is 9.03. The van der Waals surface area contributed by atoms with Crippen molar-refractivity contribution >= 4 is 17.7 Å². The van der Waals surface area contributed by atoms with Crippen LogP contribution < -0.4 is 10.2 Å². The normalized spacial score (nSPS) is 16.9. The number of nitrogens with one attached hydrogen (secondary N) is 1. The van der Waals surface area contributed by atoms with E-state index in [1.165, 1.54) is 12.4 Å². The molecule has 7 nitrogen and oxygen atoms in total. The third-order valence-corrected chi connectivity index (χ3v) is 6.87. The van der Waals surface area contributed by atoms with Crippen molar-refractivity contribution in [1.82, 2.24) is 14.9 Å². The van der Waals surface area contributed by atoms with Gasteiger partial charge in [-0.25, -0.2) is 14.8 Å². The third-order valence-electron chi connectivity index (χ3n) is 6.87. The lowest BCUT2D eigenvalue weighted by atomic mass is 9.97. The van der Waals surface area contributed by atoms with Gasteiger partial charge in [-0.05, 0) is 82.6 Å². The van der Waals surface area contributed by atoms with Gasteiger partial charge in [-0.2, -0.15) is 17.6 Å². The summed E-state index contributed by atoms with van der Waals surface area (Å²) in [5, 5.41) is 3.11. The molecule has 2 fully saturated rings. The minimum atomic E-state index is -4.41. The minimum Gasteiger partial charge on any atom is -0.444 e. The summed E-state index contributed by atoms with van der Waals surface area (Å²) in [5.74, 6) is -0.0978. The second-order valence-corrected chi connectivity index (χ2v) is 11.1. The van der Waals surface area contributed by atoms with Gasteiger partial charge in [0.25, 0.3) is 0 Å². The van der Waals surface area contributed by atoms with Crippen LogP contribution >= 0.6 is 0 Å². The van der Waals surface area contributed by atoms with Crippen LogP contribution in [0.15, 0.2) is 24.5 Å². The summed E-state index contributed by atoms with van der Waals surface area (Å²) in [7, 11) is 0. The number of rotatable bonds is 7. The summed E-state index contributed by atoms with van der Waals surface area (Å²) < 4.78 is 60.2. The zero-order chi connectivity index (χ0) is 27.7. The fourth-order valence-electron chi connectivity index (χ4n) is 4.57. The molecule has 4 rings (SSSR count). The minimum absolute atomic E-state index is 0.0751. The molecule has 1 aromatic carbocycles. The molecule has 11 heteroatoms.